The normalized spacial score (nSPS) is 14.6. The Hall–Kier alpha value is -1.13. The summed E-state index contributed by atoms with van der Waals surface area (Å²) in [7, 11) is 3.72. The van der Waals surface area contributed by atoms with Gasteiger partial charge in [0.1, 0.15) is 5.82 Å². The summed E-state index contributed by atoms with van der Waals surface area (Å²) < 4.78 is 5.13. The van der Waals surface area contributed by atoms with Gasteiger partial charge in [0.05, 0.1) is 12.6 Å². The van der Waals surface area contributed by atoms with E-state index in [1.807, 2.05) is 26.1 Å². The van der Waals surface area contributed by atoms with Crippen LogP contribution in [0.4, 0.5) is 5.82 Å². The van der Waals surface area contributed by atoms with E-state index in [0.29, 0.717) is 12.6 Å². The van der Waals surface area contributed by atoms with Crippen molar-refractivity contribution in [2.24, 2.45) is 5.73 Å². The Morgan fingerprint density at radius 3 is 2.75 bits per heavy atom. The minimum Gasteiger partial charge on any atom is -0.383 e. The molecule has 0 bridgehead atoms. The summed E-state index contributed by atoms with van der Waals surface area (Å²) in [6, 6.07) is 4.30. The zero-order valence-electron chi connectivity index (χ0n) is 10.5. The average molecular weight is 223 g/mol. The molecule has 0 saturated carbocycles. The fourth-order valence-corrected chi connectivity index (χ4v) is 1.49. The van der Waals surface area contributed by atoms with Gasteiger partial charge in [-0.2, -0.15) is 0 Å². The maximum Gasteiger partial charge on any atom is 0.128 e. The lowest BCUT2D eigenvalue weighted by molar-refractivity contribution is 0.183. The van der Waals surface area contributed by atoms with Crippen molar-refractivity contribution < 1.29 is 4.74 Å². The molecule has 4 heteroatoms. The molecule has 1 rings (SSSR count). The summed E-state index contributed by atoms with van der Waals surface area (Å²) in [4.78, 5) is 6.43. The first-order chi connectivity index (χ1) is 7.56. The monoisotopic (exact) mass is 223 g/mol. The van der Waals surface area contributed by atoms with Crippen LogP contribution in [-0.2, 0) is 4.74 Å². The molecule has 2 atom stereocenters. The molecule has 0 amide bonds. The van der Waals surface area contributed by atoms with Crippen molar-refractivity contribution >= 4 is 5.82 Å². The van der Waals surface area contributed by atoms with Crippen LogP contribution in [0.25, 0.3) is 0 Å². The smallest absolute Gasteiger partial charge is 0.128 e. The van der Waals surface area contributed by atoms with Gasteiger partial charge in [-0.25, -0.2) is 4.98 Å². The predicted molar refractivity (Wildman–Crippen MR) is 66.6 cm³/mol. The fraction of sp³-hybridized carbons (Fsp3) is 0.583. The minimum atomic E-state index is 0.0351. The van der Waals surface area contributed by atoms with E-state index in [-0.39, 0.29) is 6.04 Å². The van der Waals surface area contributed by atoms with Gasteiger partial charge in [-0.05, 0) is 31.5 Å². The molecule has 1 aromatic rings. The van der Waals surface area contributed by atoms with Crippen LogP contribution in [0.1, 0.15) is 25.5 Å². The first kappa shape index (κ1) is 12.9. The second-order valence-electron chi connectivity index (χ2n) is 4.15. The maximum absolute atomic E-state index is 5.85. The lowest BCUT2D eigenvalue weighted by atomic mass is 10.1. The summed E-state index contributed by atoms with van der Waals surface area (Å²) in [6.07, 6.45) is 1.80. The van der Waals surface area contributed by atoms with Crippen LogP contribution < -0.4 is 10.6 Å². The van der Waals surface area contributed by atoms with Crippen molar-refractivity contribution in [3.05, 3.63) is 23.9 Å². The zero-order chi connectivity index (χ0) is 12.1. The molecule has 1 unspecified atom stereocenters. The summed E-state index contributed by atoms with van der Waals surface area (Å²) in [5.41, 5.74) is 6.95. The third-order valence-corrected chi connectivity index (χ3v) is 2.73. The standard InChI is InChI=1S/C12H21N3O/c1-9(8-16-4)15(3)12-7-11(10(2)13)5-6-14-12/h5-7,9-10H,8,13H2,1-4H3/t9?,10-/m1/s1. The first-order valence-corrected chi connectivity index (χ1v) is 5.49. The first-order valence-electron chi connectivity index (χ1n) is 5.49. The molecule has 0 aliphatic carbocycles. The third-order valence-electron chi connectivity index (χ3n) is 2.73. The number of nitrogens with two attached hydrogens (primary N) is 1. The van der Waals surface area contributed by atoms with Crippen molar-refractivity contribution in [3.8, 4) is 0 Å². The molecular formula is C12H21N3O. The molecule has 0 radical (unpaired) electrons. The number of nitrogens with zero attached hydrogens (tertiary/aromatic N) is 2. The number of anilines is 1. The Morgan fingerprint density at radius 1 is 1.50 bits per heavy atom. The van der Waals surface area contributed by atoms with E-state index in [1.165, 1.54) is 0 Å². The molecule has 0 aliphatic rings. The topological polar surface area (TPSA) is 51.4 Å². The second-order valence-corrected chi connectivity index (χ2v) is 4.15. The van der Waals surface area contributed by atoms with Crippen LogP contribution >= 0.6 is 0 Å². The lowest BCUT2D eigenvalue weighted by Gasteiger charge is -2.25. The Labute approximate surface area is 97.4 Å². The Balaban J connectivity index is 2.82. The summed E-state index contributed by atoms with van der Waals surface area (Å²) in [5.74, 6) is 0.930. The van der Waals surface area contributed by atoms with Crippen molar-refractivity contribution in [2.45, 2.75) is 25.9 Å². The highest BCUT2D eigenvalue weighted by Crippen LogP contribution is 2.17. The summed E-state index contributed by atoms with van der Waals surface area (Å²) in [6.45, 7) is 4.75. The number of pyridine rings is 1. The van der Waals surface area contributed by atoms with Crippen LogP contribution in [0.3, 0.4) is 0 Å². The molecule has 0 aromatic carbocycles. The number of ether oxygens (including phenoxy) is 1. The van der Waals surface area contributed by atoms with Gasteiger partial charge in [0.2, 0.25) is 0 Å². The van der Waals surface area contributed by atoms with Gasteiger partial charge in [0.15, 0.2) is 0 Å². The average Bonchev–Trinajstić information content (AvgIpc) is 2.28. The number of methoxy groups -OCH3 is 1. The molecule has 16 heavy (non-hydrogen) atoms. The molecular weight excluding hydrogens is 202 g/mol. The van der Waals surface area contributed by atoms with Crippen molar-refractivity contribution in [3.63, 3.8) is 0 Å². The van der Waals surface area contributed by atoms with E-state index in [2.05, 4.69) is 16.8 Å². The number of likely N-dealkylation sites (N-methyl/N-ethyl adjacent to an activating group) is 1. The Kier molecular flexibility index (Phi) is 4.71. The van der Waals surface area contributed by atoms with E-state index in [4.69, 9.17) is 10.5 Å². The largest absolute Gasteiger partial charge is 0.383 e. The number of rotatable bonds is 5. The minimum absolute atomic E-state index is 0.0351. The molecule has 90 valence electrons. The van der Waals surface area contributed by atoms with Crippen LogP contribution in [0, 0.1) is 0 Å². The quantitative estimate of drug-likeness (QED) is 0.823. The molecule has 2 N–H and O–H groups in total. The van der Waals surface area contributed by atoms with Gasteiger partial charge in [-0.15, -0.1) is 0 Å². The Bertz CT molecular complexity index is 328. The second kappa shape index (κ2) is 5.82. The van der Waals surface area contributed by atoms with E-state index in [9.17, 15) is 0 Å². The fourth-order valence-electron chi connectivity index (χ4n) is 1.49. The van der Waals surface area contributed by atoms with Crippen LogP contribution in [-0.4, -0.2) is 31.8 Å². The van der Waals surface area contributed by atoms with Crippen LogP contribution in [0.2, 0.25) is 0 Å². The molecule has 1 aromatic heterocycles. The van der Waals surface area contributed by atoms with E-state index >= 15 is 0 Å². The van der Waals surface area contributed by atoms with Crippen molar-refractivity contribution in [2.75, 3.05) is 25.7 Å². The molecule has 0 spiro atoms. The highest BCUT2D eigenvalue weighted by atomic mass is 16.5. The van der Waals surface area contributed by atoms with Gasteiger partial charge in [0.25, 0.3) is 0 Å². The van der Waals surface area contributed by atoms with Crippen molar-refractivity contribution in [1.29, 1.82) is 0 Å². The Morgan fingerprint density at radius 2 is 2.19 bits per heavy atom. The number of hydrogen-bond acceptors (Lipinski definition) is 4. The van der Waals surface area contributed by atoms with Gasteiger partial charge in [0, 0.05) is 26.4 Å². The van der Waals surface area contributed by atoms with Gasteiger partial charge >= 0.3 is 0 Å². The third kappa shape index (κ3) is 3.18. The molecule has 4 nitrogen and oxygen atoms in total. The van der Waals surface area contributed by atoms with E-state index in [0.717, 1.165) is 11.4 Å². The molecule has 0 saturated heterocycles. The van der Waals surface area contributed by atoms with E-state index in [1.54, 1.807) is 13.3 Å². The van der Waals surface area contributed by atoms with Crippen LogP contribution in [0.5, 0.6) is 0 Å². The summed E-state index contributed by atoms with van der Waals surface area (Å²) in [5, 5.41) is 0. The maximum atomic E-state index is 5.85. The van der Waals surface area contributed by atoms with Gasteiger partial charge in [-0.1, -0.05) is 0 Å². The molecule has 0 aliphatic heterocycles. The zero-order valence-corrected chi connectivity index (χ0v) is 10.5. The highest BCUT2D eigenvalue weighted by molar-refractivity contribution is 5.41. The molecule has 1 heterocycles. The molecule has 0 fully saturated rings. The number of hydrogen-bond donors (Lipinski definition) is 1. The number of aromatic nitrogens is 1. The highest BCUT2D eigenvalue weighted by Gasteiger charge is 2.11. The SMILES string of the molecule is COCC(C)N(C)c1cc([C@@H](C)N)ccn1. The van der Waals surface area contributed by atoms with Gasteiger partial charge in [-0.3, -0.25) is 0 Å². The van der Waals surface area contributed by atoms with Gasteiger partial charge < -0.3 is 15.4 Å². The summed E-state index contributed by atoms with van der Waals surface area (Å²) >= 11 is 0. The van der Waals surface area contributed by atoms with Crippen LogP contribution in [0.15, 0.2) is 18.3 Å². The van der Waals surface area contributed by atoms with E-state index < -0.39 is 0 Å². The predicted octanol–water partition coefficient (Wildman–Crippen LogP) is 1.57. The van der Waals surface area contributed by atoms with Crippen molar-refractivity contribution in [1.82, 2.24) is 4.98 Å². The lowest BCUT2D eigenvalue weighted by Crippen LogP contribution is -2.33.